The molecule has 0 atom stereocenters. The molecule has 1 N–H and O–H groups in total. The normalized spacial score (nSPS) is 11.7. The van der Waals surface area contributed by atoms with Gasteiger partial charge in [0.15, 0.2) is 0 Å². The minimum Gasteiger partial charge on any atom is -0.311 e. The summed E-state index contributed by atoms with van der Waals surface area (Å²) in [7, 11) is 2.02. The van der Waals surface area contributed by atoms with Crippen molar-refractivity contribution in [3.05, 3.63) is 17.5 Å². The summed E-state index contributed by atoms with van der Waals surface area (Å²) >= 11 is 0. The van der Waals surface area contributed by atoms with Crippen LogP contribution in [-0.2, 0) is 13.6 Å². The first-order chi connectivity index (χ1) is 7.50. The molecular weight excluding hydrogens is 198 g/mol. The van der Waals surface area contributed by atoms with E-state index < -0.39 is 0 Å². The van der Waals surface area contributed by atoms with Gasteiger partial charge in [0.2, 0.25) is 0 Å². The topological polar surface area (TPSA) is 29.9 Å². The van der Waals surface area contributed by atoms with Crippen LogP contribution in [0.3, 0.4) is 0 Å². The van der Waals surface area contributed by atoms with Crippen LogP contribution < -0.4 is 5.32 Å². The Labute approximate surface area is 99.2 Å². The molecule has 0 spiro atoms. The second-order valence-electron chi connectivity index (χ2n) is 5.20. The highest BCUT2D eigenvalue weighted by Crippen LogP contribution is 2.13. The van der Waals surface area contributed by atoms with Crippen molar-refractivity contribution in [2.24, 2.45) is 13.0 Å². The number of rotatable bonds is 6. The van der Waals surface area contributed by atoms with Gasteiger partial charge in [0, 0.05) is 13.6 Å². The minimum absolute atomic E-state index is 0.510. The van der Waals surface area contributed by atoms with Crippen molar-refractivity contribution in [2.75, 3.05) is 6.54 Å². The summed E-state index contributed by atoms with van der Waals surface area (Å²) in [6, 6.07) is 2.20. The van der Waals surface area contributed by atoms with Crippen LogP contribution in [0.25, 0.3) is 0 Å². The molecule has 0 radical (unpaired) electrons. The Bertz CT molecular complexity index is 313. The fourth-order valence-corrected chi connectivity index (χ4v) is 1.59. The summed E-state index contributed by atoms with van der Waals surface area (Å²) in [5.41, 5.74) is 2.45. The number of hydrogen-bond acceptors (Lipinski definition) is 2. The number of nitrogens with zero attached hydrogens (tertiary/aromatic N) is 2. The van der Waals surface area contributed by atoms with E-state index in [4.69, 9.17) is 0 Å². The number of aryl methyl sites for hydroxylation is 1. The van der Waals surface area contributed by atoms with Gasteiger partial charge in [-0.3, -0.25) is 4.68 Å². The standard InChI is InChI=1S/C13H25N3/c1-10(2)6-7-14-9-12-8-13(11(3)4)15-16(12)5/h8,10-11,14H,6-7,9H2,1-5H3. The molecule has 3 nitrogen and oxygen atoms in total. The summed E-state index contributed by atoms with van der Waals surface area (Å²) in [5.74, 6) is 1.28. The van der Waals surface area contributed by atoms with E-state index in [1.54, 1.807) is 0 Å². The minimum atomic E-state index is 0.510. The van der Waals surface area contributed by atoms with E-state index in [2.05, 4.69) is 44.2 Å². The van der Waals surface area contributed by atoms with Gasteiger partial charge >= 0.3 is 0 Å². The predicted octanol–water partition coefficient (Wildman–Crippen LogP) is 2.68. The van der Waals surface area contributed by atoms with Crippen LogP contribution >= 0.6 is 0 Å². The van der Waals surface area contributed by atoms with Crippen molar-refractivity contribution in [1.82, 2.24) is 15.1 Å². The molecule has 0 fully saturated rings. The van der Waals surface area contributed by atoms with E-state index in [0.717, 1.165) is 19.0 Å². The molecule has 0 saturated carbocycles. The van der Waals surface area contributed by atoms with Crippen molar-refractivity contribution in [3.8, 4) is 0 Å². The lowest BCUT2D eigenvalue weighted by Gasteiger charge is -2.06. The molecule has 1 aromatic rings. The lowest BCUT2D eigenvalue weighted by Crippen LogP contribution is -2.18. The van der Waals surface area contributed by atoms with E-state index in [1.807, 2.05) is 11.7 Å². The average Bonchev–Trinajstić information content (AvgIpc) is 2.55. The molecule has 1 heterocycles. The van der Waals surface area contributed by atoms with Gasteiger partial charge in [0.1, 0.15) is 0 Å². The predicted molar refractivity (Wildman–Crippen MR) is 68.5 cm³/mol. The smallest absolute Gasteiger partial charge is 0.0653 e. The van der Waals surface area contributed by atoms with E-state index in [-0.39, 0.29) is 0 Å². The molecule has 0 amide bonds. The number of nitrogens with one attached hydrogen (secondary N) is 1. The fraction of sp³-hybridized carbons (Fsp3) is 0.769. The van der Waals surface area contributed by atoms with Crippen LogP contribution in [0.4, 0.5) is 0 Å². The second kappa shape index (κ2) is 6.04. The average molecular weight is 223 g/mol. The summed E-state index contributed by atoms with van der Waals surface area (Å²) in [6.45, 7) is 10.9. The lowest BCUT2D eigenvalue weighted by molar-refractivity contribution is 0.527. The molecule has 92 valence electrons. The van der Waals surface area contributed by atoms with Gasteiger partial charge in [0.05, 0.1) is 11.4 Å². The van der Waals surface area contributed by atoms with E-state index >= 15 is 0 Å². The number of aromatic nitrogens is 2. The van der Waals surface area contributed by atoms with Gasteiger partial charge in [-0.2, -0.15) is 5.10 Å². The zero-order valence-corrected chi connectivity index (χ0v) is 11.2. The Hall–Kier alpha value is -0.830. The third kappa shape index (κ3) is 3.97. The maximum atomic E-state index is 4.50. The summed E-state index contributed by atoms with van der Waals surface area (Å²) in [6.07, 6.45) is 1.23. The Kier molecular flexibility index (Phi) is 5.00. The van der Waals surface area contributed by atoms with E-state index in [9.17, 15) is 0 Å². The Morgan fingerprint density at radius 3 is 2.50 bits per heavy atom. The molecule has 0 aliphatic carbocycles. The maximum absolute atomic E-state index is 4.50. The van der Waals surface area contributed by atoms with Crippen molar-refractivity contribution in [1.29, 1.82) is 0 Å². The first-order valence-corrected chi connectivity index (χ1v) is 6.24. The van der Waals surface area contributed by atoms with Gasteiger partial charge in [-0.05, 0) is 30.9 Å². The highest BCUT2D eigenvalue weighted by Gasteiger charge is 2.07. The Balaban J connectivity index is 2.41. The van der Waals surface area contributed by atoms with Gasteiger partial charge < -0.3 is 5.32 Å². The van der Waals surface area contributed by atoms with Crippen molar-refractivity contribution >= 4 is 0 Å². The van der Waals surface area contributed by atoms with Crippen LogP contribution in [0.15, 0.2) is 6.07 Å². The zero-order valence-electron chi connectivity index (χ0n) is 11.2. The molecule has 0 saturated heterocycles. The molecule has 0 aliphatic heterocycles. The Morgan fingerprint density at radius 2 is 2.00 bits per heavy atom. The van der Waals surface area contributed by atoms with Crippen LogP contribution in [0.5, 0.6) is 0 Å². The van der Waals surface area contributed by atoms with Gasteiger partial charge in [-0.15, -0.1) is 0 Å². The second-order valence-corrected chi connectivity index (χ2v) is 5.20. The third-order valence-corrected chi connectivity index (χ3v) is 2.79. The molecular formula is C13H25N3. The highest BCUT2D eigenvalue weighted by atomic mass is 15.3. The molecule has 0 aliphatic rings. The third-order valence-electron chi connectivity index (χ3n) is 2.79. The molecule has 0 aromatic carbocycles. The Morgan fingerprint density at radius 1 is 1.31 bits per heavy atom. The molecule has 1 aromatic heterocycles. The molecule has 0 unspecified atom stereocenters. The molecule has 0 bridgehead atoms. The largest absolute Gasteiger partial charge is 0.311 e. The highest BCUT2D eigenvalue weighted by molar-refractivity contribution is 5.13. The molecule has 3 heteroatoms. The van der Waals surface area contributed by atoms with Crippen molar-refractivity contribution in [2.45, 2.75) is 46.6 Å². The van der Waals surface area contributed by atoms with Crippen LogP contribution in [0, 0.1) is 5.92 Å². The number of hydrogen-bond donors (Lipinski definition) is 1. The quantitative estimate of drug-likeness (QED) is 0.751. The maximum Gasteiger partial charge on any atom is 0.0653 e. The fourth-order valence-electron chi connectivity index (χ4n) is 1.59. The lowest BCUT2D eigenvalue weighted by atomic mass is 10.1. The van der Waals surface area contributed by atoms with Crippen LogP contribution in [0.1, 0.15) is 51.4 Å². The van der Waals surface area contributed by atoms with Crippen molar-refractivity contribution in [3.63, 3.8) is 0 Å². The molecule has 16 heavy (non-hydrogen) atoms. The first-order valence-electron chi connectivity index (χ1n) is 6.24. The monoisotopic (exact) mass is 223 g/mol. The van der Waals surface area contributed by atoms with Crippen LogP contribution in [0.2, 0.25) is 0 Å². The summed E-state index contributed by atoms with van der Waals surface area (Å²) in [5, 5.41) is 7.97. The first kappa shape index (κ1) is 13.2. The van der Waals surface area contributed by atoms with E-state index in [1.165, 1.54) is 17.8 Å². The zero-order chi connectivity index (χ0) is 12.1. The van der Waals surface area contributed by atoms with Gasteiger partial charge in [-0.1, -0.05) is 27.7 Å². The SMILES string of the molecule is CC(C)CCNCc1cc(C(C)C)nn1C. The summed E-state index contributed by atoms with van der Waals surface area (Å²) < 4.78 is 1.98. The molecule has 1 rings (SSSR count). The van der Waals surface area contributed by atoms with E-state index in [0.29, 0.717) is 5.92 Å². The van der Waals surface area contributed by atoms with Crippen LogP contribution in [-0.4, -0.2) is 16.3 Å². The van der Waals surface area contributed by atoms with Gasteiger partial charge in [0.25, 0.3) is 0 Å². The van der Waals surface area contributed by atoms with Gasteiger partial charge in [-0.25, -0.2) is 0 Å². The summed E-state index contributed by atoms with van der Waals surface area (Å²) in [4.78, 5) is 0. The van der Waals surface area contributed by atoms with Crippen molar-refractivity contribution < 1.29 is 0 Å².